The van der Waals surface area contributed by atoms with Gasteiger partial charge in [-0.2, -0.15) is 0 Å². The third-order valence-electron chi connectivity index (χ3n) is 3.92. The number of oxime groups is 1. The maximum absolute atomic E-state index is 11.4. The zero-order chi connectivity index (χ0) is 15.2. The zero-order valence-corrected chi connectivity index (χ0v) is 12.8. The first-order chi connectivity index (χ1) is 10.1. The van der Waals surface area contributed by atoms with E-state index in [1.54, 1.807) is 0 Å². The highest BCUT2D eigenvalue weighted by Gasteiger charge is 2.24. The summed E-state index contributed by atoms with van der Waals surface area (Å²) in [4.78, 5) is 16.9. The van der Waals surface area contributed by atoms with Crippen molar-refractivity contribution in [1.29, 1.82) is 0 Å². The van der Waals surface area contributed by atoms with Crippen LogP contribution in [0.25, 0.3) is 0 Å². The zero-order valence-electron chi connectivity index (χ0n) is 12.8. The molecule has 0 bridgehead atoms. The predicted molar refractivity (Wildman–Crippen MR) is 76.8 cm³/mol. The van der Waals surface area contributed by atoms with E-state index in [0.29, 0.717) is 13.0 Å². The van der Waals surface area contributed by atoms with Crippen LogP contribution in [-0.2, 0) is 21.0 Å². The third kappa shape index (κ3) is 4.06. The van der Waals surface area contributed by atoms with Crippen LogP contribution in [0.5, 0.6) is 0 Å². The van der Waals surface area contributed by atoms with E-state index in [-0.39, 0.29) is 11.9 Å². The van der Waals surface area contributed by atoms with Crippen molar-refractivity contribution in [2.24, 2.45) is 11.1 Å². The summed E-state index contributed by atoms with van der Waals surface area (Å²) in [6.07, 6.45) is 4.42. The van der Waals surface area contributed by atoms with Gasteiger partial charge in [-0.05, 0) is 33.1 Å². The number of ether oxygens (including phenoxy) is 1. The van der Waals surface area contributed by atoms with E-state index < -0.39 is 0 Å². The molecule has 116 valence electrons. The molecule has 1 unspecified atom stereocenters. The summed E-state index contributed by atoms with van der Waals surface area (Å²) in [6, 6.07) is 0. The Hall–Kier alpha value is -1.85. The van der Waals surface area contributed by atoms with Crippen LogP contribution in [0.2, 0.25) is 0 Å². The summed E-state index contributed by atoms with van der Waals surface area (Å²) in [7, 11) is 1.41. The van der Waals surface area contributed by atoms with Crippen molar-refractivity contribution in [1.82, 2.24) is 5.16 Å². The van der Waals surface area contributed by atoms with Crippen LogP contribution in [0, 0.1) is 19.8 Å². The highest BCUT2D eigenvalue weighted by Crippen LogP contribution is 2.25. The van der Waals surface area contributed by atoms with Crippen LogP contribution in [0.1, 0.15) is 49.1 Å². The highest BCUT2D eigenvalue weighted by molar-refractivity contribution is 5.90. The molecular formula is C15H22N2O4. The Morgan fingerprint density at radius 2 is 2.24 bits per heavy atom. The Labute approximate surface area is 124 Å². The molecule has 1 saturated carbocycles. The van der Waals surface area contributed by atoms with Gasteiger partial charge in [0.15, 0.2) is 0 Å². The molecule has 6 nitrogen and oxygen atoms in total. The number of hydrogen-bond donors (Lipinski definition) is 0. The predicted octanol–water partition coefficient (Wildman–Crippen LogP) is 2.92. The number of nitrogens with zero attached hydrogens (tertiary/aromatic N) is 2. The van der Waals surface area contributed by atoms with E-state index in [2.05, 4.69) is 10.3 Å². The molecule has 0 aromatic carbocycles. The minimum atomic E-state index is -0.194. The number of aryl methyl sites for hydroxylation is 2. The topological polar surface area (TPSA) is 73.9 Å². The summed E-state index contributed by atoms with van der Waals surface area (Å²) >= 11 is 0. The van der Waals surface area contributed by atoms with Gasteiger partial charge in [0.2, 0.25) is 0 Å². The minimum Gasteiger partial charge on any atom is -0.469 e. The minimum absolute atomic E-state index is 0.135. The number of carbonyl (C=O) groups is 1. The highest BCUT2D eigenvalue weighted by atomic mass is 16.6. The van der Waals surface area contributed by atoms with Crippen LogP contribution in [0.3, 0.4) is 0 Å². The summed E-state index contributed by atoms with van der Waals surface area (Å²) in [5.74, 6) is 0.693. The Kier molecular flexibility index (Phi) is 5.36. The molecule has 0 saturated heterocycles. The van der Waals surface area contributed by atoms with Gasteiger partial charge >= 0.3 is 5.97 Å². The number of rotatable bonds is 5. The first-order valence-electron chi connectivity index (χ1n) is 7.29. The summed E-state index contributed by atoms with van der Waals surface area (Å²) in [5.41, 5.74) is 2.71. The van der Waals surface area contributed by atoms with Crippen LogP contribution >= 0.6 is 0 Å². The van der Waals surface area contributed by atoms with E-state index in [1.807, 2.05) is 13.8 Å². The van der Waals surface area contributed by atoms with Crippen LogP contribution in [0.15, 0.2) is 9.68 Å². The van der Waals surface area contributed by atoms with Gasteiger partial charge in [0.1, 0.15) is 12.4 Å². The molecule has 0 N–H and O–H groups in total. The molecule has 1 aliphatic rings. The fraction of sp³-hybridized carbons (Fsp3) is 0.667. The van der Waals surface area contributed by atoms with Crippen molar-refractivity contribution in [2.75, 3.05) is 7.11 Å². The van der Waals surface area contributed by atoms with E-state index in [9.17, 15) is 4.79 Å². The number of esters is 1. The summed E-state index contributed by atoms with van der Waals surface area (Å²) in [5, 5.41) is 8.13. The molecule has 1 fully saturated rings. The van der Waals surface area contributed by atoms with Crippen molar-refractivity contribution in [3.05, 3.63) is 17.0 Å². The Morgan fingerprint density at radius 3 is 2.90 bits per heavy atom. The van der Waals surface area contributed by atoms with Crippen molar-refractivity contribution in [3.63, 3.8) is 0 Å². The molecule has 1 aliphatic carbocycles. The quantitative estimate of drug-likeness (QED) is 0.616. The van der Waals surface area contributed by atoms with Crippen molar-refractivity contribution in [2.45, 2.75) is 52.6 Å². The van der Waals surface area contributed by atoms with Crippen molar-refractivity contribution >= 4 is 11.7 Å². The standard InChI is InChI=1S/C15H22N2O4/c1-10-13(11(2)21-16-10)9-20-17-14-7-5-4-6-12(14)8-15(18)19-3/h12H,4-9H2,1-3H3/b17-14+. The van der Waals surface area contributed by atoms with Gasteiger partial charge in [-0.25, -0.2) is 0 Å². The van der Waals surface area contributed by atoms with Crippen LogP contribution < -0.4 is 0 Å². The van der Waals surface area contributed by atoms with Gasteiger partial charge in [0, 0.05) is 5.92 Å². The fourth-order valence-electron chi connectivity index (χ4n) is 2.58. The SMILES string of the molecule is COC(=O)CC1CCCC/C1=N\OCc1c(C)noc1C. The van der Waals surface area contributed by atoms with Crippen molar-refractivity contribution in [3.8, 4) is 0 Å². The Balaban J connectivity index is 1.95. The van der Waals surface area contributed by atoms with Crippen LogP contribution in [0.4, 0.5) is 0 Å². The van der Waals surface area contributed by atoms with Gasteiger partial charge in [-0.3, -0.25) is 4.79 Å². The molecule has 0 radical (unpaired) electrons. The Morgan fingerprint density at radius 1 is 1.43 bits per heavy atom. The first-order valence-corrected chi connectivity index (χ1v) is 7.29. The molecule has 6 heteroatoms. The lowest BCUT2D eigenvalue weighted by Crippen LogP contribution is -2.23. The van der Waals surface area contributed by atoms with E-state index in [1.165, 1.54) is 7.11 Å². The number of aromatic nitrogens is 1. The lowest BCUT2D eigenvalue weighted by Gasteiger charge is -2.22. The Bertz CT molecular complexity index is 502. The molecule has 1 heterocycles. The second-order valence-corrected chi connectivity index (χ2v) is 5.38. The lowest BCUT2D eigenvalue weighted by molar-refractivity contribution is -0.141. The second-order valence-electron chi connectivity index (χ2n) is 5.38. The fourth-order valence-corrected chi connectivity index (χ4v) is 2.58. The van der Waals surface area contributed by atoms with Gasteiger partial charge in [0.05, 0.1) is 30.5 Å². The molecule has 2 rings (SSSR count). The molecule has 0 aliphatic heterocycles. The van der Waals surface area contributed by atoms with E-state index >= 15 is 0 Å². The molecule has 21 heavy (non-hydrogen) atoms. The average Bonchev–Trinajstić information content (AvgIpc) is 2.80. The molecule has 0 spiro atoms. The third-order valence-corrected chi connectivity index (χ3v) is 3.92. The van der Waals surface area contributed by atoms with Gasteiger partial charge in [-0.15, -0.1) is 0 Å². The van der Waals surface area contributed by atoms with Gasteiger partial charge < -0.3 is 14.1 Å². The lowest BCUT2D eigenvalue weighted by atomic mass is 9.85. The smallest absolute Gasteiger partial charge is 0.306 e. The van der Waals surface area contributed by atoms with Gasteiger partial charge in [0.25, 0.3) is 0 Å². The van der Waals surface area contributed by atoms with E-state index in [0.717, 1.165) is 48.4 Å². The maximum Gasteiger partial charge on any atom is 0.306 e. The average molecular weight is 294 g/mol. The number of hydrogen-bond acceptors (Lipinski definition) is 6. The second kappa shape index (κ2) is 7.24. The first kappa shape index (κ1) is 15.5. The number of carbonyl (C=O) groups excluding carboxylic acids is 1. The largest absolute Gasteiger partial charge is 0.469 e. The molecule has 0 amide bonds. The molecule has 1 atom stereocenters. The number of methoxy groups -OCH3 is 1. The molecular weight excluding hydrogens is 272 g/mol. The maximum atomic E-state index is 11.4. The molecule has 1 aromatic rings. The molecule has 1 aromatic heterocycles. The van der Waals surface area contributed by atoms with Crippen molar-refractivity contribution < 1.29 is 18.9 Å². The normalized spacial score (nSPS) is 20.5. The monoisotopic (exact) mass is 294 g/mol. The van der Waals surface area contributed by atoms with Gasteiger partial charge in [-0.1, -0.05) is 16.7 Å². The summed E-state index contributed by atoms with van der Waals surface area (Å²) < 4.78 is 9.83. The van der Waals surface area contributed by atoms with Crippen LogP contribution in [-0.4, -0.2) is 23.9 Å². The summed E-state index contributed by atoms with van der Waals surface area (Å²) in [6.45, 7) is 4.07. The van der Waals surface area contributed by atoms with E-state index in [4.69, 9.17) is 14.1 Å².